The molecule has 2 atom stereocenters. The molecule has 0 radical (unpaired) electrons. The molecule has 1 saturated heterocycles. The van der Waals surface area contributed by atoms with Gasteiger partial charge in [-0.15, -0.1) is 5.54 Å². The van der Waals surface area contributed by atoms with E-state index < -0.39 is 8.07 Å². The van der Waals surface area contributed by atoms with Crippen molar-refractivity contribution < 1.29 is 10.5 Å². The van der Waals surface area contributed by atoms with Gasteiger partial charge >= 0.3 is 0 Å². The smallest absolute Gasteiger partial charge is 0.148 e. The van der Waals surface area contributed by atoms with Crippen molar-refractivity contribution >= 4 is 8.07 Å². The van der Waals surface area contributed by atoms with Crippen molar-refractivity contribution in [1.29, 1.82) is 0 Å². The molecule has 3 heteroatoms. The van der Waals surface area contributed by atoms with E-state index in [1.807, 2.05) is 12.1 Å². The molecular formula is C19H30NOSi+. The first kappa shape index (κ1) is 17.1. The predicted octanol–water partition coefficient (Wildman–Crippen LogP) is 3.78. The average molecular weight is 317 g/mol. The minimum atomic E-state index is -1.52. The summed E-state index contributed by atoms with van der Waals surface area (Å²) in [7, 11) is -1.52. The number of ether oxygens (including phenoxy) is 1. The van der Waals surface area contributed by atoms with Gasteiger partial charge in [-0.25, -0.2) is 0 Å². The van der Waals surface area contributed by atoms with Crippen molar-refractivity contribution in [3.63, 3.8) is 0 Å². The lowest BCUT2D eigenvalue weighted by Gasteiger charge is -2.34. The van der Waals surface area contributed by atoms with Gasteiger partial charge in [-0.2, -0.15) is 0 Å². The van der Waals surface area contributed by atoms with Crippen LogP contribution in [0.3, 0.4) is 0 Å². The van der Waals surface area contributed by atoms with Crippen LogP contribution in [0.2, 0.25) is 16.6 Å². The fraction of sp³-hybridized carbons (Fsp3) is 0.579. The summed E-state index contributed by atoms with van der Waals surface area (Å²) in [5.41, 5.74) is 11.2. The fourth-order valence-electron chi connectivity index (χ4n) is 4.05. The quantitative estimate of drug-likeness (QED) is 0.666. The lowest BCUT2D eigenvalue weighted by molar-refractivity contribution is -0.386. The SMILES string of the molecule is CC(C)[Si]1(C#CCOc2ccc(C[NH3+])cc2)C(C)CCC1C. The third-order valence-electron chi connectivity index (χ3n) is 5.45. The normalized spacial score (nSPS) is 27.5. The molecule has 0 saturated carbocycles. The molecule has 0 amide bonds. The summed E-state index contributed by atoms with van der Waals surface area (Å²) in [6, 6.07) is 8.17. The van der Waals surface area contributed by atoms with E-state index >= 15 is 0 Å². The molecule has 0 aromatic heterocycles. The lowest BCUT2D eigenvalue weighted by Crippen LogP contribution is -2.47. The maximum absolute atomic E-state index is 5.79. The van der Waals surface area contributed by atoms with Crippen molar-refractivity contribution in [3.05, 3.63) is 29.8 Å². The van der Waals surface area contributed by atoms with Gasteiger partial charge in [0.05, 0.1) is 6.54 Å². The topological polar surface area (TPSA) is 36.9 Å². The maximum Gasteiger partial charge on any atom is 0.148 e. The van der Waals surface area contributed by atoms with Crippen LogP contribution in [0.4, 0.5) is 0 Å². The van der Waals surface area contributed by atoms with Crippen molar-refractivity contribution in [1.82, 2.24) is 0 Å². The predicted molar refractivity (Wildman–Crippen MR) is 95.2 cm³/mol. The monoisotopic (exact) mass is 316 g/mol. The van der Waals surface area contributed by atoms with Gasteiger partial charge < -0.3 is 10.5 Å². The van der Waals surface area contributed by atoms with Gasteiger partial charge in [0, 0.05) is 5.56 Å². The van der Waals surface area contributed by atoms with Gasteiger partial charge in [0.25, 0.3) is 0 Å². The second kappa shape index (κ2) is 7.35. The largest absolute Gasteiger partial charge is 0.481 e. The van der Waals surface area contributed by atoms with Crippen molar-refractivity contribution in [2.75, 3.05) is 6.61 Å². The molecule has 1 fully saturated rings. The van der Waals surface area contributed by atoms with Crippen LogP contribution in [-0.2, 0) is 6.54 Å². The Balaban J connectivity index is 2.02. The molecule has 1 aliphatic heterocycles. The Labute approximate surface area is 136 Å². The molecule has 1 aromatic rings. The van der Waals surface area contributed by atoms with E-state index in [1.54, 1.807) is 0 Å². The van der Waals surface area contributed by atoms with Gasteiger partial charge in [-0.1, -0.05) is 46.5 Å². The van der Waals surface area contributed by atoms with Gasteiger partial charge in [0.1, 0.15) is 20.4 Å². The van der Waals surface area contributed by atoms with Crippen molar-refractivity contribution in [2.24, 2.45) is 0 Å². The summed E-state index contributed by atoms with van der Waals surface area (Å²) in [5.74, 6) is 4.27. The van der Waals surface area contributed by atoms with Crippen LogP contribution in [0.25, 0.3) is 0 Å². The molecule has 0 spiro atoms. The Hall–Kier alpha value is -1.24. The Bertz CT molecular complexity index is 531. The van der Waals surface area contributed by atoms with Gasteiger partial charge in [-0.3, -0.25) is 0 Å². The van der Waals surface area contributed by atoms with Crippen LogP contribution >= 0.6 is 0 Å². The number of hydrogen-bond donors (Lipinski definition) is 1. The van der Waals surface area contributed by atoms with Crippen LogP contribution in [0.15, 0.2) is 24.3 Å². The molecule has 1 aliphatic rings. The highest BCUT2D eigenvalue weighted by Gasteiger charge is 2.49. The maximum atomic E-state index is 5.79. The molecule has 1 heterocycles. The molecule has 0 aliphatic carbocycles. The molecule has 1 aromatic carbocycles. The van der Waals surface area contributed by atoms with E-state index in [-0.39, 0.29) is 0 Å². The third-order valence-corrected chi connectivity index (χ3v) is 11.8. The van der Waals surface area contributed by atoms with E-state index in [0.29, 0.717) is 6.61 Å². The fourth-order valence-corrected chi connectivity index (χ4v) is 9.75. The Morgan fingerprint density at radius 3 is 2.27 bits per heavy atom. The summed E-state index contributed by atoms with van der Waals surface area (Å²) in [6.45, 7) is 10.9. The second-order valence-corrected chi connectivity index (χ2v) is 12.2. The molecule has 3 N–H and O–H groups in total. The lowest BCUT2D eigenvalue weighted by atomic mass is 10.2. The summed E-state index contributed by atoms with van der Waals surface area (Å²) in [6.07, 6.45) is 2.71. The highest BCUT2D eigenvalue weighted by molar-refractivity contribution is 6.91. The van der Waals surface area contributed by atoms with Crippen LogP contribution in [0.5, 0.6) is 5.75 Å². The van der Waals surface area contributed by atoms with Gasteiger partial charge in [0.2, 0.25) is 0 Å². The number of quaternary nitrogens is 1. The summed E-state index contributed by atoms with van der Waals surface area (Å²) in [4.78, 5) is 0. The number of benzene rings is 1. The first-order chi connectivity index (χ1) is 10.5. The van der Waals surface area contributed by atoms with Crippen LogP contribution < -0.4 is 10.5 Å². The zero-order chi connectivity index (χ0) is 16.2. The van der Waals surface area contributed by atoms with E-state index in [1.165, 1.54) is 18.4 Å². The Morgan fingerprint density at radius 2 is 1.77 bits per heavy atom. The molecule has 2 rings (SSSR count). The molecule has 0 bridgehead atoms. The standard InChI is InChI=1S/C19H29NOSi/c1-15(2)22(16(3)6-7-17(22)4)13-5-12-21-19-10-8-18(14-20)9-11-19/h8-11,15-17H,6-7,12,14,20H2,1-4H3/p+1. The highest BCUT2D eigenvalue weighted by atomic mass is 28.3. The van der Waals surface area contributed by atoms with E-state index in [2.05, 4.69) is 57.0 Å². The zero-order valence-corrected chi connectivity index (χ0v) is 15.5. The van der Waals surface area contributed by atoms with Gasteiger partial charge in [0.15, 0.2) is 0 Å². The Kier molecular flexibility index (Phi) is 5.72. The molecule has 2 unspecified atom stereocenters. The van der Waals surface area contributed by atoms with Crippen molar-refractivity contribution in [3.8, 4) is 17.2 Å². The summed E-state index contributed by atoms with van der Waals surface area (Å²) < 4.78 is 5.79. The average Bonchev–Trinajstić information content (AvgIpc) is 2.81. The van der Waals surface area contributed by atoms with Gasteiger partial charge in [-0.05, 0) is 40.9 Å². The van der Waals surface area contributed by atoms with E-state index in [4.69, 9.17) is 4.74 Å². The molecular weight excluding hydrogens is 286 g/mol. The van der Waals surface area contributed by atoms with Crippen LogP contribution in [0, 0.1) is 11.5 Å². The summed E-state index contributed by atoms with van der Waals surface area (Å²) in [5, 5.41) is 0. The third kappa shape index (κ3) is 3.39. The highest BCUT2D eigenvalue weighted by Crippen LogP contribution is 2.51. The minimum absolute atomic E-state index is 0.505. The first-order valence-corrected chi connectivity index (χ1v) is 10.7. The van der Waals surface area contributed by atoms with Crippen molar-refractivity contribution in [2.45, 2.75) is 63.7 Å². The zero-order valence-electron chi connectivity index (χ0n) is 14.5. The molecule has 2 nitrogen and oxygen atoms in total. The molecule has 22 heavy (non-hydrogen) atoms. The first-order valence-electron chi connectivity index (χ1n) is 8.51. The van der Waals surface area contributed by atoms with Crippen LogP contribution in [-0.4, -0.2) is 14.7 Å². The van der Waals surface area contributed by atoms with E-state index in [9.17, 15) is 0 Å². The minimum Gasteiger partial charge on any atom is -0.481 e. The molecule has 120 valence electrons. The van der Waals surface area contributed by atoms with Crippen LogP contribution in [0.1, 0.15) is 46.1 Å². The van der Waals surface area contributed by atoms with E-state index in [0.717, 1.165) is 28.9 Å². The number of rotatable bonds is 4. The summed E-state index contributed by atoms with van der Waals surface area (Å²) >= 11 is 0. The Morgan fingerprint density at radius 1 is 1.18 bits per heavy atom. The second-order valence-electron chi connectivity index (χ2n) is 6.95. The number of hydrogen-bond acceptors (Lipinski definition) is 1.